The SMILES string of the molecule is C=CCCC=CC1C=CC(c2ccc(OCC)c(F)c2F)CC1. The Hall–Kier alpha value is -1.90. The van der Waals surface area contributed by atoms with Crippen molar-refractivity contribution in [3.8, 4) is 5.75 Å². The highest BCUT2D eigenvalue weighted by molar-refractivity contribution is 5.35. The Labute approximate surface area is 137 Å². The van der Waals surface area contributed by atoms with Crippen molar-refractivity contribution in [2.24, 2.45) is 5.92 Å². The first-order valence-electron chi connectivity index (χ1n) is 8.24. The van der Waals surface area contributed by atoms with Crippen LogP contribution >= 0.6 is 0 Å². The second-order valence-electron chi connectivity index (χ2n) is 5.74. The number of allylic oxidation sites excluding steroid dienone is 5. The average molecular weight is 318 g/mol. The van der Waals surface area contributed by atoms with Crippen LogP contribution in [0.5, 0.6) is 5.75 Å². The molecule has 0 fully saturated rings. The van der Waals surface area contributed by atoms with Crippen LogP contribution in [0.15, 0.2) is 49.1 Å². The predicted molar refractivity (Wildman–Crippen MR) is 90.7 cm³/mol. The summed E-state index contributed by atoms with van der Waals surface area (Å²) in [5, 5.41) is 0. The number of hydrogen-bond acceptors (Lipinski definition) is 1. The van der Waals surface area contributed by atoms with Crippen LogP contribution in [0.2, 0.25) is 0 Å². The van der Waals surface area contributed by atoms with Crippen molar-refractivity contribution in [3.63, 3.8) is 0 Å². The Bertz CT molecular complexity index is 590. The molecule has 0 saturated carbocycles. The summed E-state index contributed by atoms with van der Waals surface area (Å²) in [5.74, 6) is -1.38. The summed E-state index contributed by atoms with van der Waals surface area (Å²) in [5.41, 5.74) is 0.413. The number of ether oxygens (including phenoxy) is 1. The number of unbranched alkanes of at least 4 members (excludes halogenated alkanes) is 1. The van der Waals surface area contributed by atoms with Gasteiger partial charge in [-0.05, 0) is 50.2 Å². The van der Waals surface area contributed by atoms with Gasteiger partial charge >= 0.3 is 0 Å². The summed E-state index contributed by atoms with van der Waals surface area (Å²) >= 11 is 0. The molecule has 1 aromatic carbocycles. The fraction of sp³-hybridized carbons (Fsp3) is 0.400. The molecule has 124 valence electrons. The van der Waals surface area contributed by atoms with E-state index in [0.29, 0.717) is 18.1 Å². The highest BCUT2D eigenvalue weighted by Crippen LogP contribution is 2.35. The van der Waals surface area contributed by atoms with Gasteiger partial charge in [0.1, 0.15) is 0 Å². The number of benzene rings is 1. The van der Waals surface area contributed by atoms with E-state index in [1.807, 2.05) is 12.2 Å². The van der Waals surface area contributed by atoms with E-state index < -0.39 is 11.6 Å². The van der Waals surface area contributed by atoms with Gasteiger partial charge in [0.15, 0.2) is 11.6 Å². The maximum absolute atomic E-state index is 14.2. The minimum Gasteiger partial charge on any atom is -0.491 e. The zero-order valence-corrected chi connectivity index (χ0v) is 13.6. The molecule has 1 aliphatic carbocycles. The van der Waals surface area contributed by atoms with Crippen molar-refractivity contribution in [2.75, 3.05) is 6.61 Å². The smallest absolute Gasteiger partial charge is 0.200 e. The van der Waals surface area contributed by atoms with Crippen molar-refractivity contribution in [1.82, 2.24) is 0 Å². The Morgan fingerprint density at radius 2 is 2.00 bits per heavy atom. The van der Waals surface area contributed by atoms with Crippen LogP contribution in [-0.2, 0) is 0 Å². The van der Waals surface area contributed by atoms with E-state index in [1.165, 1.54) is 6.07 Å². The molecule has 1 aliphatic rings. The van der Waals surface area contributed by atoms with Crippen LogP contribution in [0.4, 0.5) is 8.78 Å². The third kappa shape index (κ3) is 4.54. The van der Waals surface area contributed by atoms with E-state index in [1.54, 1.807) is 13.0 Å². The molecule has 0 radical (unpaired) electrons. The standard InChI is InChI=1S/C20H24F2O/c1-3-5-6-7-8-15-9-11-16(12-10-15)17-13-14-18(23-4-2)20(22)19(17)21/h3,7-9,11,13-16H,1,4-6,10,12H2,2H3. The molecule has 0 heterocycles. The summed E-state index contributed by atoms with van der Waals surface area (Å²) in [7, 11) is 0. The molecule has 3 heteroatoms. The molecule has 1 nitrogen and oxygen atoms in total. The molecule has 1 aromatic rings. The summed E-state index contributed by atoms with van der Waals surface area (Å²) in [6.07, 6.45) is 14.1. The normalized spacial score (nSPS) is 20.8. The van der Waals surface area contributed by atoms with Gasteiger partial charge in [-0.25, -0.2) is 4.39 Å². The molecule has 23 heavy (non-hydrogen) atoms. The first-order chi connectivity index (χ1) is 11.2. The fourth-order valence-electron chi connectivity index (χ4n) is 2.85. The van der Waals surface area contributed by atoms with Gasteiger partial charge in [-0.2, -0.15) is 4.39 Å². The molecule has 0 amide bonds. The van der Waals surface area contributed by atoms with Crippen LogP contribution in [0.1, 0.15) is 44.1 Å². The molecule has 2 rings (SSSR count). The molecular formula is C20H24F2O. The van der Waals surface area contributed by atoms with Crippen LogP contribution in [0.3, 0.4) is 0 Å². The molecular weight excluding hydrogens is 294 g/mol. The zero-order valence-electron chi connectivity index (χ0n) is 13.6. The average Bonchev–Trinajstić information content (AvgIpc) is 2.57. The molecule has 0 aliphatic heterocycles. The number of hydrogen-bond donors (Lipinski definition) is 0. The highest BCUT2D eigenvalue weighted by atomic mass is 19.2. The Kier molecular flexibility index (Phi) is 6.57. The van der Waals surface area contributed by atoms with E-state index in [0.717, 1.165) is 25.7 Å². The summed E-state index contributed by atoms with van der Waals surface area (Å²) in [6.45, 7) is 5.76. The second kappa shape index (κ2) is 8.66. The van der Waals surface area contributed by atoms with Gasteiger partial charge in [-0.15, -0.1) is 6.58 Å². The molecule has 0 saturated heterocycles. The molecule has 0 bridgehead atoms. The molecule has 0 aromatic heterocycles. The quantitative estimate of drug-likeness (QED) is 0.447. The number of halogens is 2. The minimum atomic E-state index is -0.885. The monoisotopic (exact) mass is 318 g/mol. The summed E-state index contributed by atoms with van der Waals surface area (Å²) in [6, 6.07) is 3.16. The van der Waals surface area contributed by atoms with E-state index in [2.05, 4.69) is 24.8 Å². The van der Waals surface area contributed by atoms with Gasteiger partial charge in [0.05, 0.1) is 6.61 Å². The first-order valence-corrected chi connectivity index (χ1v) is 8.24. The Balaban J connectivity index is 2.05. The topological polar surface area (TPSA) is 9.23 Å². The Morgan fingerprint density at radius 3 is 2.65 bits per heavy atom. The van der Waals surface area contributed by atoms with Crippen molar-refractivity contribution < 1.29 is 13.5 Å². The zero-order chi connectivity index (χ0) is 16.7. The molecule has 0 N–H and O–H groups in total. The van der Waals surface area contributed by atoms with Crippen molar-refractivity contribution >= 4 is 0 Å². The molecule has 0 spiro atoms. The predicted octanol–water partition coefficient (Wildman–Crippen LogP) is 5.94. The third-order valence-electron chi connectivity index (χ3n) is 4.10. The maximum atomic E-state index is 14.2. The van der Waals surface area contributed by atoms with Gasteiger partial charge in [-0.1, -0.05) is 36.4 Å². The lowest BCUT2D eigenvalue weighted by atomic mass is 9.84. The minimum absolute atomic E-state index is 0.0171. The lowest BCUT2D eigenvalue weighted by Crippen LogP contribution is -2.09. The van der Waals surface area contributed by atoms with Gasteiger partial charge in [0.2, 0.25) is 5.82 Å². The fourth-order valence-corrected chi connectivity index (χ4v) is 2.85. The van der Waals surface area contributed by atoms with Crippen LogP contribution in [0.25, 0.3) is 0 Å². The van der Waals surface area contributed by atoms with Crippen molar-refractivity contribution in [3.05, 3.63) is 66.3 Å². The van der Waals surface area contributed by atoms with Gasteiger partial charge < -0.3 is 4.74 Å². The van der Waals surface area contributed by atoms with E-state index in [9.17, 15) is 8.78 Å². The van der Waals surface area contributed by atoms with E-state index in [4.69, 9.17) is 4.74 Å². The highest BCUT2D eigenvalue weighted by Gasteiger charge is 2.22. The Morgan fingerprint density at radius 1 is 1.17 bits per heavy atom. The van der Waals surface area contributed by atoms with Crippen LogP contribution in [0, 0.1) is 17.6 Å². The van der Waals surface area contributed by atoms with Crippen molar-refractivity contribution in [2.45, 2.75) is 38.5 Å². The maximum Gasteiger partial charge on any atom is 0.200 e. The second-order valence-corrected chi connectivity index (χ2v) is 5.74. The largest absolute Gasteiger partial charge is 0.491 e. The van der Waals surface area contributed by atoms with Gasteiger partial charge in [-0.3, -0.25) is 0 Å². The third-order valence-corrected chi connectivity index (χ3v) is 4.10. The van der Waals surface area contributed by atoms with Crippen molar-refractivity contribution in [1.29, 1.82) is 0 Å². The first kappa shape index (κ1) is 17.5. The molecule has 2 unspecified atom stereocenters. The summed E-state index contributed by atoms with van der Waals surface area (Å²) in [4.78, 5) is 0. The lowest BCUT2D eigenvalue weighted by molar-refractivity contribution is 0.313. The van der Waals surface area contributed by atoms with Gasteiger partial charge in [0.25, 0.3) is 0 Å². The van der Waals surface area contributed by atoms with E-state index >= 15 is 0 Å². The molecule has 2 atom stereocenters. The number of rotatable bonds is 7. The summed E-state index contributed by atoms with van der Waals surface area (Å²) < 4.78 is 33.3. The van der Waals surface area contributed by atoms with Crippen LogP contribution < -0.4 is 4.74 Å². The van der Waals surface area contributed by atoms with E-state index in [-0.39, 0.29) is 11.7 Å². The van der Waals surface area contributed by atoms with Gasteiger partial charge in [0, 0.05) is 5.92 Å². The van der Waals surface area contributed by atoms with Crippen LogP contribution in [-0.4, -0.2) is 6.61 Å². The lowest BCUT2D eigenvalue weighted by Gasteiger charge is -2.22.